The molecule has 1 aromatic heterocycles. The highest BCUT2D eigenvalue weighted by molar-refractivity contribution is 5.54. The topological polar surface area (TPSA) is 31.4 Å². The van der Waals surface area contributed by atoms with E-state index in [2.05, 4.69) is 54.1 Å². The van der Waals surface area contributed by atoms with E-state index in [-0.39, 0.29) is 0 Å². The Morgan fingerprint density at radius 1 is 1.45 bits per heavy atom. The zero-order valence-corrected chi connectivity index (χ0v) is 13.3. The van der Waals surface area contributed by atoms with E-state index in [1.54, 1.807) is 0 Å². The second-order valence-corrected chi connectivity index (χ2v) is 5.98. The predicted molar refractivity (Wildman–Crippen MR) is 85.3 cm³/mol. The summed E-state index contributed by atoms with van der Waals surface area (Å²) in [5.74, 6) is 0. The molecular formula is C16H28N4. The Morgan fingerprint density at radius 2 is 2.25 bits per heavy atom. The molecule has 1 N–H and O–H groups in total. The molecule has 112 valence electrons. The zero-order valence-electron chi connectivity index (χ0n) is 13.3. The van der Waals surface area contributed by atoms with Crippen molar-refractivity contribution in [2.75, 3.05) is 38.6 Å². The molecule has 0 bridgehead atoms. The summed E-state index contributed by atoms with van der Waals surface area (Å²) in [5, 5.41) is 3.49. The highest BCUT2D eigenvalue weighted by atomic mass is 15.2. The van der Waals surface area contributed by atoms with Crippen LogP contribution in [0.5, 0.6) is 0 Å². The molecule has 4 heteroatoms. The molecule has 1 aliphatic heterocycles. The molecule has 2 rings (SSSR count). The average molecular weight is 276 g/mol. The fourth-order valence-corrected chi connectivity index (χ4v) is 2.79. The first-order valence-electron chi connectivity index (χ1n) is 7.69. The summed E-state index contributed by atoms with van der Waals surface area (Å²) in [6.07, 6.45) is 4.45. The number of pyridine rings is 1. The Kier molecular flexibility index (Phi) is 5.38. The summed E-state index contributed by atoms with van der Waals surface area (Å²) in [7, 11) is 4.35. The van der Waals surface area contributed by atoms with E-state index in [1.165, 1.54) is 24.1 Å². The minimum absolute atomic E-state index is 0.667. The fourth-order valence-electron chi connectivity index (χ4n) is 2.79. The lowest BCUT2D eigenvalue weighted by Gasteiger charge is -2.24. The van der Waals surface area contributed by atoms with Gasteiger partial charge in [-0.25, -0.2) is 0 Å². The Labute approximate surface area is 123 Å². The van der Waals surface area contributed by atoms with Crippen molar-refractivity contribution in [1.82, 2.24) is 15.2 Å². The predicted octanol–water partition coefficient (Wildman–Crippen LogP) is 2.03. The van der Waals surface area contributed by atoms with Crippen molar-refractivity contribution < 1.29 is 0 Å². The Balaban J connectivity index is 2.11. The number of hydrogen-bond donors (Lipinski definition) is 1. The molecule has 0 aromatic carbocycles. The minimum Gasteiger partial charge on any atom is -0.370 e. The van der Waals surface area contributed by atoms with Gasteiger partial charge in [0.2, 0.25) is 0 Å². The van der Waals surface area contributed by atoms with E-state index >= 15 is 0 Å². The normalized spacial score (nSPS) is 19.1. The molecule has 0 saturated carbocycles. The number of anilines is 1. The van der Waals surface area contributed by atoms with E-state index in [0.717, 1.165) is 31.9 Å². The molecule has 1 atom stereocenters. The third kappa shape index (κ3) is 3.70. The van der Waals surface area contributed by atoms with E-state index < -0.39 is 0 Å². The summed E-state index contributed by atoms with van der Waals surface area (Å²) in [6.45, 7) is 8.52. The number of nitrogens with one attached hydrogen (secondary N) is 1. The molecule has 20 heavy (non-hydrogen) atoms. The van der Waals surface area contributed by atoms with Crippen molar-refractivity contribution in [3.8, 4) is 0 Å². The van der Waals surface area contributed by atoms with E-state index in [4.69, 9.17) is 0 Å². The van der Waals surface area contributed by atoms with Crippen molar-refractivity contribution in [2.45, 2.75) is 39.3 Å². The molecule has 4 nitrogen and oxygen atoms in total. The first-order valence-corrected chi connectivity index (χ1v) is 7.69. The van der Waals surface area contributed by atoms with E-state index in [1.807, 2.05) is 6.20 Å². The molecule has 1 saturated heterocycles. The van der Waals surface area contributed by atoms with Crippen molar-refractivity contribution in [3.63, 3.8) is 0 Å². The van der Waals surface area contributed by atoms with Crippen molar-refractivity contribution >= 4 is 5.69 Å². The fraction of sp³-hybridized carbons (Fsp3) is 0.688. The molecule has 0 radical (unpaired) electrons. The first kappa shape index (κ1) is 15.3. The molecular weight excluding hydrogens is 248 g/mol. The third-order valence-corrected chi connectivity index (χ3v) is 4.08. The highest BCUT2D eigenvalue weighted by Crippen LogP contribution is 2.26. The van der Waals surface area contributed by atoms with Gasteiger partial charge >= 0.3 is 0 Å². The summed E-state index contributed by atoms with van der Waals surface area (Å²) in [5.41, 5.74) is 3.79. The van der Waals surface area contributed by atoms with Crippen molar-refractivity contribution in [1.29, 1.82) is 0 Å². The van der Waals surface area contributed by atoms with Crippen LogP contribution in [0.3, 0.4) is 0 Å². The molecule has 0 spiro atoms. The minimum atomic E-state index is 0.667. The third-order valence-electron chi connectivity index (χ3n) is 4.08. The van der Waals surface area contributed by atoms with Crippen molar-refractivity contribution in [2.24, 2.45) is 0 Å². The average Bonchev–Trinajstić information content (AvgIpc) is 2.90. The summed E-state index contributed by atoms with van der Waals surface area (Å²) in [4.78, 5) is 9.32. The molecule has 0 amide bonds. The molecule has 1 unspecified atom stereocenters. The van der Waals surface area contributed by atoms with Crippen LogP contribution >= 0.6 is 0 Å². The number of rotatable bonds is 6. The van der Waals surface area contributed by atoms with Gasteiger partial charge in [0.25, 0.3) is 0 Å². The molecule has 1 aromatic rings. The number of likely N-dealkylation sites (N-methyl/N-ethyl adjacent to an activating group) is 1. The van der Waals surface area contributed by atoms with Crippen LogP contribution in [-0.4, -0.2) is 49.7 Å². The summed E-state index contributed by atoms with van der Waals surface area (Å²) < 4.78 is 0. The zero-order chi connectivity index (χ0) is 14.5. The Morgan fingerprint density at radius 3 is 2.90 bits per heavy atom. The van der Waals surface area contributed by atoms with Gasteiger partial charge in [0.05, 0.1) is 0 Å². The highest BCUT2D eigenvalue weighted by Gasteiger charge is 2.25. The van der Waals surface area contributed by atoms with E-state index in [9.17, 15) is 0 Å². The largest absolute Gasteiger partial charge is 0.370 e. The maximum Gasteiger partial charge on any atom is 0.0446 e. The van der Waals surface area contributed by atoms with Gasteiger partial charge in [-0.1, -0.05) is 6.92 Å². The van der Waals surface area contributed by atoms with Crippen LogP contribution in [0.15, 0.2) is 12.3 Å². The monoisotopic (exact) mass is 276 g/mol. The number of aromatic nitrogens is 1. The van der Waals surface area contributed by atoms with E-state index in [0.29, 0.717) is 6.04 Å². The lowest BCUT2D eigenvalue weighted by Crippen LogP contribution is -2.32. The number of hydrogen-bond acceptors (Lipinski definition) is 4. The summed E-state index contributed by atoms with van der Waals surface area (Å²) in [6, 6.07) is 2.90. The lowest BCUT2D eigenvalue weighted by molar-refractivity contribution is 0.315. The Bertz CT molecular complexity index is 430. The Hall–Kier alpha value is -1.13. The SMILES string of the molecule is CCCNCc1cnc(C)cc1N1CCC(N(C)C)C1. The van der Waals surface area contributed by atoms with Crippen LogP contribution in [0, 0.1) is 6.92 Å². The van der Waals surface area contributed by atoms with Crippen LogP contribution in [0.25, 0.3) is 0 Å². The molecule has 1 fully saturated rings. The second-order valence-electron chi connectivity index (χ2n) is 5.98. The lowest BCUT2D eigenvalue weighted by atomic mass is 10.2. The van der Waals surface area contributed by atoms with Gasteiger partial charge in [0, 0.05) is 48.8 Å². The van der Waals surface area contributed by atoms with Crippen LogP contribution in [0.4, 0.5) is 5.69 Å². The molecule has 2 heterocycles. The van der Waals surface area contributed by atoms with Crippen LogP contribution in [0.2, 0.25) is 0 Å². The number of nitrogens with zero attached hydrogens (tertiary/aromatic N) is 3. The maximum atomic E-state index is 4.47. The second kappa shape index (κ2) is 7.04. The van der Waals surface area contributed by atoms with Crippen molar-refractivity contribution in [3.05, 3.63) is 23.5 Å². The van der Waals surface area contributed by atoms with Gasteiger partial charge in [-0.3, -0.25) is 4.98 Å². The first-order chi connectivity index (χ1) is 9.61. The molecule has 1 aliphatic rings. The van der Waals surface area contributed by atoms with Gasteiger partial charge in [-0.2, -0.15) is 0 Å². The van der Waals surface area contributed by atoms with Gasteiger partial charge in [-0.05, 0) is 46.5 Å². The summed E-state index contributed by atoms with van der Waals surface area (Å²) >= 11 is 0. The van der Waals surface area contributed by atoms with Crippen LogP contribution in [0.1, 0.15) is 31.0 Å². The van der Waals surface area contributed by atoms with Gasteiger partial charge < -0.3 is 15.1 Å². The smallest absolute Gasteiger partial charge is 0.0446 e. The van der Waals surface area contributed by atoms with Gasteiger partial charge in [0.1, 0.15) is 0 Å². The number of aryl methyl sites for hydroxylation is 1. The standard InChI is InChI=1S/C16H28N4/c1-5-7-17-10-14-11-18-13(2)9-16(14)20-8-6-15(12-20)19(3)4/h9,11,15,17H,5-8,10,12H2,1-4H3. The maximum absolute atomic E-state index is 4.47. The van der Waals surface area contributed by atoms with Gasteiger partial charge in [-0.15, -0.1) is 0 Å². The van der Waals surface area contributed by atoms with Gasteiger partial charge in [0.15, 0.2) is 0 Å². The quantitative estimate of drug-likeness (QED) is 0.806. The molecule has 0 aliphatic carbocycles. The van der Waals surface area contributed by atoms with Crippen LogP contribution in [-0.2, 0) is 6.54 Å². The van der Waals surface area contributed by atoms with Crippen LogP contribution < -0.4 is 10.2 Å².